The molecule has 2 aromatic rings. The van der Waals surface area contributed by atoms with Crippen LogP contribution in [0.5, 0.6) is 11.5 Å². The van der Waals surface area contributed by atoms with Gasteiger partial charge in [0.05, 0.1) is 0 Å². The molecular formula is C15H15FN2O3. The Morgan fingerprint density at radius 3 is 2.43 bits per heavy atom. The Kier molecular flexibility index (Phi) is 4.61. The number of carbonyl (C=O) groups excluding carboxylic acids is 1. The van der Waals surface area contributed by atoms with Gasteiger partial charge in [-0.1, -0.05) is 18.2 Å². The fourth-order valence-electron chi connectivity index (χ4n) is 1.85. The van der Waals surface area contributed by atoms with E-state index in [0.717, 1.165) is 6.07 Å². The molecule has 0 radical (unpaired) electrons. The van der Waals surface area contributed by atoms with Gasteiger partial charge in [0, 0.05) is 30.4 Å². The lowest BCUT2D eigenvalue weighted by molar-refractivity contribution is 0.252. The van der Waals surface area contributed by atoms with Gasteiger partial charge in [-0.3, -0.25) is 0 Å². The lowest BCUT2D eigenvalue weighted by atomic mass is 10.1. The van der Waals surface area contributed by atoms with Gasteiger partial charge in [-0.2, -0.15) is 0 Å². The van der Waals surface area contributed by atoms with E-state index in [-0.39, 0.29) is 29.5 Å². The van der Waals surface area contributed by atoms with Gasteiger partial charge in [0.1, 0.15) is 17.3 Å². The summed E-state index contributed by atoms with van der Waals surface area (Å²) in [5.74, 6) is -0.620. The highest BCUT2D eigenvalue weighted by Gasteiger charge is 2.05. The molecule has 2 aromatic carbocycles. The number of phenolic OH excluding ortho intramolecular Hbond substituents is 2. The van der Waals surface area contributed by atoms with Crippen LogP contribution in [-0.4, -0.2) is 22.8 Å². The van der Waals surface area contributed by atoms with Gasteiger partial charge >= 0.3 is 6.03 Å². The molecule has 0 fully saturated rings. The molecule has 0 aromatic heterocycles. The molecule has 2 amide bonds. The van der Waals surface area contributed by atoms with Gasteiger partial charge in [-0.05, 0) is 18.1 Å². The van der Waals surface area contributed by atoms with Crippen LogP contribution < -0.4 is 10.6 Å². The molecule has 0 heterocycles. The number of urea groups is 1. The van der Waals surface area contributed by atoms with Gasteiger partial charge < -0.3 is 20.8 Å². The minimum Gasteiger partial charge on any atom is -0.508 e. The zero-order valence-electron chi connectivity index (χ0n) is 11.1. The van der Waals surface area contributed by atoms with Crippen LogP contribution >= 0.6 is 0 Å². The lowest BCUT2D eigenvalue weighted by Crippen LogP contribution is -2.30. The summed E-state index contributed by atoms with van der Waals surface area (Å²) >= 11 is 0. The van der Waals surface area contributed by atoms with Crippen LogP contribution in [0.4, 0.5) is 14.9 Å². The fourth-order valence-corrected chi connectivity index (χ4v) is 1.85. The number of benzene rings is 2. The number of nitrogens with one attached hydrogen (secondary N) is 2. The third-order valence-electron chi connectivity index (χ3n) is 2.80. The molecule has 0 unspecified atom stereocenters. The minimum atomic E-state index is -0.503. The molecule has 5 nitrogen and oxygen atoms in total. The molecule has 21 heavy (non-hydrogen) atoms. The monoisotopic (exact) mass is 290 g/mol. The highest BCUT2D eigenvalue weighted by atomic mass is 19.1. The number of phenols is 2. The highest BCUT2D eigenvalue weighted by molar-refractivity contribution is 5.89. The van der Waals surface area contributed by atoms with E-state index in [1.165, 1.54) is 18.2 Å². The molecule has 4 N–H and O–H groups in total. The first-order chi connectivity index (χ1) is 10.0. The number of hydrogen-bond donors (Lipinski definition) is 4. The van der Waals surface area contributed by atoms with Crippen LogP contribution in [0.25, 0.3) is 0 Å². The molecule has 110 valence electrons. The van der Waals surface area contributed by atoms with Gasteiger partial charge in [0.15, 0.2) is 0 Å². The fraction of sp³-hybridized carbons (Fsp3) is 0.133. The van der Waals surface area contributed by atoms with Crippen LogP contribution in [0.15, 0.2) is 42.5 Å². The maximum Gasteiger partial charge on any atom is 0.319 e. The Hall–Kier alpha value is -2.76. The molecular weight excluding hydrogens is 275 g/mol. The molecule has 0 saturated carbocycles. The topological polar surface area (TPSA) is 81.6 Å². The summed E-state index contributed by atoms with van der Waals surface area (Å²) in [5.41, 5.74) is 0.781. The molecule has 0 bridgehead atoms. The summed E-state index contributed by atoms with van der Waals surface area (Å²) in [7, 11) is 0. The number of anilines is 1. The van der Waals surface area contributed by atoms with Crippen LogP contribution in [0.2, 0.25) is 0 Å². The molecule has 0 spiro atoms. The summed E-state index contributed by atoms with van der Waals surface area (Å²) in [6.07, 6.45) is 0.366. The second-order valence-corrected chi connectivity index (χ2v) is 4.46. The van der Waals surface area contributed by atoms with Gasteiger partial charge in [-0.15, -0.1) is 0 Å². The van der Waals surface area contributed by atoms with Crippen molar-refractivity contribution in [3.63, 3.8) is 0 Å². The van der Waals surface area contributed by atoms with E-state index >= 15 is 0 Å². The van der Waals surface area contributed by atoms with Crippen LogP contribution in [-0.2, 0) is 6.42 Å². The van der Waals surface area contributed by atoms with Crippen LogP contribution in [0.1, 0.15) is 5.56 Å². The van der Waals surface area contributed by atoms with E-state index in [1.54, 1.807) is 18.2 Å². The normalized spacial score (nSPS) is 10.1. The van der Waals surface area contributed by atoms with Crippen molar-refractivity contribution < 1.29 is 19.4 Å². The Labute approximate surface area is 121 Å². The highest BCUT2D eigenvalue weighted by Crippen LogP contribution is 2.23. The Balaban J connectivity index is 1.84. The predicted molar refractivity (Wildman–Crippen MR) is 76.9 cm³/mol. The first-order valence-electron chi connectivity index (χ1n) is 6.36. The quantitative estimate of drug-likeness (QED) is 0.698. The molecule has 0 atom stereocenters. The average Bonchev–Trinajstić information content (AvgIpc) is 2.39. The Morgan fingerprint density at radius 2 is 1.76 bits per heavy atom. The second-order valence-electron chi connectivity index (χ2n) is 4.46. The van der Waals surface area contributed by atoms with Gasteiger partial charge in [0.25, 0.3) is 0 Å². The predicted octanol–water partition coefficient (Wildman–Crippen LogP) is 2.60. The maximum atomic E-state index is 13.4. The molecule has 0 saturated heterocycles. The maximum absolute atomic E-state index is 13.4. The first-order valence-corrected chi connectivity index (χ1v) is 6.36. The number of halogens is 1. The van der Waals surface area contributed by atoms with Gasteiger partial charge in [-0.25, -0.2) is 9.18 Å². The zero-order chi connectivity index (χ0) is 15.2. The number of amides is 2. The SMILES string of the molecule is O=C(NCCc1ccccc1F)Nc1cc(O)cc(O)c1. The summed E-state index contributed by atoms with van der Waals surface area (Å²) in [6, 6.07) is 9.61. The summed E-state index contributed by atoms with van der Waals surface area (Å²) < 4.78 is 13.4. The second kappa shape index (κ2) is 6.60. The lowest BCUT2D eigenvalue weighted by Gasteiger charge is -2.09. The van der Waals surface area contributed by atoms with Crippen molar-refractivity contribution in [2.75, 3.05) is 11.9 Å². The smallest absolute Gasteiger partial charge is 0.319 e. The largest absolute Gasteiger partial charge is 0.508 e. The van der Waals surface area contributed by atoms with Crippen molar-refractivity contribution in [2.45, 2.75) is 6.42 Å². The van der Waals surface area contributed by atoms with E-state index in [2.05, 4.69) is 10.6 Å². The van der Waals surface area contributed by atoms with Crippen molar-refractivity contribution >= 4 is 11.7 Å². The van der Waals surface area contributed by atoms with E-state index in [9.17, 15) is 19.4 Å². The molecule has 0 aliphatic carbocycles. The number of carbonyl (C=O) groups is 1. The van der Waals surface area contributed by atoms with Crippen molar-refractivity contribution in [1.29, 1.82) is 0 Å². The van der Waals surface area contributed by atoms with Crippen LogP contribution in [0, 0.1) is 5.82 Å². The standard InChI is InChI=1S/C15H15FN2O3/c16-14-4-2-1-3-10(14)5-6-17-15(21)18-11-7-12(19)9-13(20)8-11/h1-4,7-9,19-20H,5-6H2,(H2,17,18,21). The Bertz CT molecular complexity index is 626. The minimum absolute atomic E-state index is 0.156. The first kappa shape index (κ1) is 14.6. The van der Waals surface area contributed by atoms with E-state index in [4.69, 9.17) is 0 Å². The van der Waals surface area contributed by atoms with Crippen molar-refractivity contribution in [2.24, 2.45) is 0 Å². The van der Waals surface area contributed by atoms with Crippen molar-refractivity contribution in [3.05, 3.63) is 53.8 Å². The third-order valence-corrected chi connectivity index (χ3v) is 2.80. The molecule has 2 rings (SSSR count). The summed E-state index contributed by atoms with van der Waals surface area (Å²) in [4.78, 5) is 11.6. The molecule has 6 heteroatoms. The number of aromatic hydroxyl groups is 2. The van der Waals surface area contributed by atoms with E-state index in [1.807, 2.05) is 0 Å². The van der Waals surface area contributed by atoms with Gasteiger partial charge in [0.2, 0.25) is 0 Å². The molecule has 0 aliphatic rings. The summed E-state index contributed by atoms with van der Waals surface area (Å²) in [5, 5.41) is 23.6. The van der Waals surface area contributed by atoms with E-state index in [0.29, 0.717) is 12.0 Å². The Morgan fingerprint density at radius 1 is 1.10 bits per heavy atom. The zero-order valence-corrected chi connectivity index (χ0v) is 11.1. The average molecular weight is 290 g/mol. The van der Waals surface area contributed by atoms with Crippen molar-refractivity contribution in [3.8, 4) is 11.5 Å². The summed E-state index contributed by atoms with van der Waals surface area (Å²) in [6.45, 7) is 0.261. The molecule has 0 aliphatic heterocycles. The van der Waals surface area contributed by atoms with E-state index < -0.39 is 6.03 Å². The number of rotatable bonds is 4. The van der Waals surface area contributed by atoms with Crippen molar-refractivity contribution in [1.82, 2.24) is 5.32 Å². The number of hydrogen-bond acceptors (Lipinski definition) is 3. The third kappa shape index (κ3) is 4.38. The van der Waals surface area contributed by atoms with Crippen LogP contribution in [0.3, 0.4) is 0 Å².